The van der Waals surface area contributed by atoms with Gasteiger partial charge in [0.1, 0.15) is 17.1 Å². The number of fused-ring (bicyclic) bond motifs is 2. The highest BCUT2D eigenvalue weighted by Gasteiger charge is 2.19. The first kappa shape index (κ1) is 19.2. The van der Waals surface area contributed by atoms with Crippen molar-refractivity contribution in [2.24, 2.45) is 0 Å². The van der Waals surface area contributed by atoms with E-state index in [1.165, 1.54) is 6.42 Å². The Morgan fingerprint density at radius 2 is 2.14 bits per heavy atom. The van der Waals surface area contributed by atoms with E-state index < -0.39 is 5.97 Å². The van der Waals surface area contributed by atoms with Gasteiger partial charge in [-0.15, -0.1) is 10.2 Å². The zero-order chi connectivity index (χ0) is 20.2. The second-order valence-corrected chi connectivity index (χ2v) is 7.00. The average Bonchev–Trinajstić information content (AvgIpc) is 2.97. The van der Waals surface area contributed by atoms with Crippen LogP contribution in [-0.2, 0) is 24.2 Å². The molecule has 29 heavy (non-hydrogen) atoms. The number of benzene rings is 1. The molecule has 3 aromatic rings. The summed E-state index contributed by atoms with van der Waals surface area (Å²) in [6.07, 6.45) is 5.99. The van der Waals surface area contributed by atoms with Gasteiger partial charge in [0.15, 0.2) is 5.82 Å². The summed E-state index contributed by atoms with van der Waals surface area (Å²) < 4.78 is 12.8. The minimum Gasteiger partial charge on any atom is -0.497 e. The third-order valence-electron chi connectivity index (χ3n) is 5.18. The van der Waals surface area contributed by atoms with Gasteiger partial charge in [0.05, 0.1) is 31.5 Å². The summed E-state index contributed by atoms with van der Waals surface area (Å²) >= 11 is 0. The number of nitrogens with one attached hydrogen (secondary N) is 1. The number of carbonyl (C=O) groups is 1. The molecule has 8 heteroatoms. The third kappa shape index (κ3) is 3.87. The summed E-state index contributed by atoms with van der Waals surface area (Å²) in [5, 5.41) is 12.9. The van der Waals surface area contributed by atoms with E-state index in [1.54, 1.807) is 20.2 Å². The normalized spacial score (nSPS) is 13.6. The number of esters is 1. The molecule has 8 nitrogen and oxygen atoms in total. The largest absolute Gasteiger partial charge is 0.497 e. The number of methoxy groups -OCH3 is 1. The molecule has 0 amide bonds. The summed E-state index contributed by atoms with van der Waals surface area (Å²) in [6.45, 7) is 3.46. The fraction of sp³-hybridized carbons (Fsp3) is 0.429. The van der Waals surface area contributed by atoms with Crippen LogP contribution >= 0.6 is 0 Å². The molecule has 152 valence electrons. The predicted molar refractivity (Wildman–Crippen MR) is 109 cm³/mol. The first-order valence-corrected chi connectivity index (χ1v) is 10.00. The lowest BCUT2D eigenvalue weighted by molar-refractivity contribution is 0.0527. The van der Waals surface area contributed by atoms with Crippen molar-refractivity contribution in [3.8, 4) is 5.75 Å². The Kier molecular flexibility index (Phi) is 5.59. The van der Waals surface area contributed by atoms with Crippen LogP contribution in [-0.4, -0.2) is 39.4 Å². The molecule has 2 aromatic heterocycles. The van der Waals surface area contributed by atoms with Gasteiger partial charge >= 0.3 is 5.97 Å². The lowest BCUT2D eigenvalue weighted by Crippen LogP contribution is -2.14. The van der Waals surface area contributed by atoms with Gasteiger partial charge in [-0.05, 0) is 38.0 Å². The summed E-state index contributed by atoms with van der Waals surface area (Å²) in [4.78, 5) is 17.0. The minimum absolute atomic E-state index is 0.298. The van der Waals surface area contributed by atoms with Crippen LogP contribution in [0.1, 0.15) is 48.2 Å². The molecule has 1 aromatic carbocycles. The SMILES string of the molecule is CCOC(=O)c1cnc2ccc(OC)cc2c1NCc1nnc2n1CCCCC2. The van der Waals surface area contributed by atoms with Crippen LogP contribution in [0, 0.1) is 0 Å². The molecule has 0 saturated carbocycles. The lowest BCUT2D eigenvalue weighted by atomic mass is 10.1. The molecule has 3 heterocycles. The first-order valence-electron chi connectivity index (χ1n) is 10.00. The highest BCUT2D eigenvalue weighted by Crippen LogP contribution is 2.30. The Hall–Kier alpha value is -3.16. The number of pyridine rings is 1. The number of rotatable bonds is 6. The van der Waals surface area contributed by atoms with Gasteiger partial charge < -0.3 is 19.4 Å². The molecule has 0 bridgehead atoms. The van der Waals surface area contributed by atoms with Gasteiger partial charge in [0.2, 0.25) is 0 Å². The zero-order valence-corrected chi connectivity index (χ0v) is 16.8. The van der Waals surface area contributed by atoms with Crippen molar-refractivity contribution in [3.63, 3.8) is 0 Å². The Bertz CT molecular complexity index is 1030. The minimum atomic E-state index is -0.410. The molecule has 0 radical (unpaired) electrons. The van der Waals surface area contributed by atoms with Crippen LogP contribution in [0.2, 0.25) is 0 Å². The van der Waals surface area contributed by atoms with Crippen molar-refractivity contribution in [2.45, 2.75) is 45.7 Å². The van der Waals surface area contributed by atoms with Crippen molar-refractivity contribution < 1.29 is 14.3 Å². The first-order chi connectivity index (χ1) is 14.2. The van der Waals surface area contributed by atoms with Crippen LogP contribution < -0.4 is 10.1 Å². The number of aryl methyl sites for hydroxylation is 1. The molecule has 0 unspecified atom stereocenters. The molecule has 0 saturated heterocycles. The molecular formula is C21H25N5O3. The highest BCUT2D eigenvalue weighted by atomic mass is 16.5. The van der Waals surface area contributed by atoms with Gasteiger partial charge in [0.25, 0.3) is 0 Å². The van der Waals surface area contributed by atoms with Crippen LogP contribution in [0.15, 0.2) is 24.4 Å². The van der Waals surface area contributed by atoms with E-state index in [4.69, 9.17) is 9.47 Å². The van der Waals surface area contributed by atoms with Crippen LogP contribution in [0.5, 0.6) is 5.75 Å². The van der Waals surface area contributed by atoms with E-state index in [9.17, 15) is 4.79 Å². The van der Waals surface area contributed by atoms with Gasteiger partial charge in [-0.3, -0.25) is 4.98 Å². The fourth-order valence-electron chi connectivity index (χ4n) is 3.70. The average molecular weight is 395 g/mol. The Morgan fingerprint density at radius 1 is 1.24 bits per heavy atom. The maximum absolute atomic E-state index is 12.5. The van der Waals surface area contributed by atoms with Crippen LogP contribution in [0.25, 0.3) is 10.9 Å². The Labute approximate surface area is 169 Å². The van der Waals surface area contributed by atoms with Crippen molar-refractivity contribution in [1.82, 2.24) is 19.7 Å². The Morgan fingerprint density at radius 3 is 2.97 bits per heavy atom. The molecule has 0 atom stereocenters. The number of ether oxygens (including phenoxy) is 2. The number of nitrogens with zero attached hydrogens (tertiary/aromatic N) is 4. The molecule has 0 fully saturated rings. The van der Waals surface area contributed by atoms with Gasteiger partial charge in [-0.1, -0.05) is 6.42 Å². The van der Waals surface area contributed by atoms with E-state index >= 15 is 0 Å². The van der Waals surface area contributed by atoms with E-state index in [-0.39, 0.29) is 0 Å². The summed E-state index contributed by atoms with van der Waals surface area (Å²) in [7, 11) is 1.61. The van der Waals surface area contributed by atoms with Crippen molar-refractivity contribution in [2.75, 3.05) is 19.0 Å². The summed E-state index contributed by atoms with van der Waals surface area (Å²) in [6, 6.07) is 5.59. The van der Waals surface area contributed by atoms with Crippen molar-refractivity contribution >= 4 is 22.6 Å². The van der Waals surface area contributed by atoms with E-state index in [1.807, 2.05) is 18.2 Å². The fourth-order valence-corrected chi connectivity index (χ4v) is 3.70. The molecule has 4 rings (SSSR count). The third-order valence-corrected chi connectivity index (χ3v) is 5.18. The standard InChI is InChI=1S/C21H25N5O3/c1-3-29-21(27)16-12-22-17-9-8-14(28-2)11-15(17)20(16)23-13-19-25-24-18-7-5-4-6-10-26(18)19/h8-9,11-12H,3-7,10,13H2,1-2H3,(H,22,23). The number of hydrogen-bond donors (Lipinski definition) is 1. The molecule has 1 N–H and O–H groups in total. The van der Waals surface area contributed by atoms with Gasteiger partial charge in [-0.25, -0.2) is 4.79 Å². The quantitative estimate of drug-likeness (QED) is 0.640. The van der Waals surface area contributed by atoms with E-state index in [0.29, 0.717) is 30.2 Å². The molecule has 0 aliphatic carbocycles. The number of anilines is 1. The van der Waals surface area contributed by atoms with E-state index in [0.717, 1.165) is 48.4 Å². The number of aromatic nitrogens is 4. The second kappa shape index (κ2) is 8.46. The highest BCUT2D eigenvalue weighted by molar-refractivity contribution is 6.05. The molecule has 0 spiro atoms. The number of hydrogen-bond acceptors (Lipinski definition) is 7. The van der Waals surface area contributed by atoms with Crippen LogP contribution in [0.4, 0.5) is 5.69 Å². The smallest absolute Gasteiger partial charge is 0.341 e. The maximum atomic E-state index is 12.5. The summed E-state index contributed by atoms with van der Waals surface area (Å²) in [5.74, 6) is 2.18. The van der Waals surface area contributed by atoms with Gasteiger partial charge in [-0.2, -0.15) is 0 Å². The Balaban J connectivity index is 1.71. The summed E-state index contributed by atoms with van der Waals surface area (Å²) in [5.41, 5.74) is 1.82. The molecule has 1 aliphatic heterocycles. The monoisotopic (exact) mass is 395 g/mol. The molecule has 1 aliphatic rings. The van der Waals surface area contributed by atoms with Crippen molar-refractivity contribution in [1.29, 1.82) is 0 Å². The molecular weight excluding hydrogens is 370 g/mol. The van der Waals surface area contributed by atoms with E-state index in [2.05, 4.69) is 25.1 Å². The topological polar surface area (TPSA) is 91.2 Å². The maximum Gasteiger partial charge on any atom is 0.341 e. The van der Waals surface area contributed by atoms with Crippen LogP contribution in [0.3, 0.4) is 0 Å². The van der Waals surface area contributed by atoms with Crippen molar-refractivity contribution in [3.05, 3.63) is 41.6 Å². The second-order valence-electron chi connectivity index (χ2n) is 7.00. The number of carbonyl (C=O) groups excluding carboxylic acids is 1. The zero-order valence-electron chi connectivity index (χ0n) is 16.8. The lowest BCUT2D eigenvalue weighted by Gasteiger charge is -2.15. The predicted octanol–water partition coefficient (Wildman–Crippen LogP) is 3.35. The van der Waals surface area contributed by atoms with Gasteiger partial charge in [0, 0.05) is 24.5 Å².